The predicted octanol–water partition coefficient (Wildman–Crippen LogP) is 0.613. The summed E-state index contributed by atoms with van der Waals surface area (Å²) in [5.74, 6) is -0.455. The number of carbonyl (C=O) groups excluding carboxylic acids is 4. The molecule has 208 valence electrons. The molecule has 1 aliphatic heterocycles. The van der Waals surface area contributed by atoms with Gasteiger partial charge in [0.15, 0.2) is 5.82 Å². The maximum atomic E-state index is 12.7. The minimum absolute atomic E-state index is 0.0466. The Kier molecular flexibility index (Phi) is 10.4. The van der Waals surface area contributed by atoms with E-state index in [-0.39, 0.29) is 30.1 Å². The average Bonchev–Trinajstić information content (AvgIpc) is 3.54. The molecule has 0 bridgehead atoms. The second-order valence-electron chi connectivity index (χ2n) is 9.39. The van der Waals surface area contributed by atoms with Gasteiger partial charge < -0.3 is 25.8 Å². The van der Waals surface area contributed by atoms with Crippen molar-refractivity contribution in [3.63, 3.8) is 0 Å². The molecule has 39 heavy (non-hydrogen) atoms. The number of aromatic nitrogens is 4. The maximum absolute atomic E-state index is 12.7. The van der Waals surface area contributed by atoms with Crippen molar-refractivity contribution >= 4 is 34.5 Å². The van der Waals surface area contributed by atoms with Crippen LogP contribution >= 0.6 is 0 Å². The number of tetrazole rings is 1. The van der Waals surface area contributed by atoms with Crippen molar-refractivity contribution in [2.45, 2.75) is 57.9 Å². The fourth-order valence-electron chi connectivity index (χ4n) is 3.97. The fourth-order valence-corrected chi connectivity index (χ4v) is 3.97. The smallest absolute Gasteiger partial charge is 0.310 e. The van der Waals surface area contributed by atoms with Crippen LogP contribution in [0.5, 0.6) is 0 Å². The van der Waals surface area contributed by atoms with Crippen molar-refractivity contribution < 1.29 is 29.0 Å². The molecule has 13 heteroatoms. The van der Waals surface area contributed by atoms with Gasteiger partial charge in [0, 0.05) is 25.5 Å². The Bertz CT molecular complexity index is 1280. The van der Waals surface area contributed by atoms with E-state index in [1.54, 1.807) is 6.07 Å². The number of fused-ring (bicyclic) bond motifs is 1. The van der Waals surface area contributed by atoms with Crippen LogP contribution in [0, 0.1) is 5.92 Å². The Balaban J connectivity index is 0.000000255. The molecule has 1 aromatic heterocycles. The van der Waals surface area contributed by atoms with Crippen molar-refractivity contribution in [2.24, 2.45) is 5.92 Å². The first-order chi connectivity index (χ1) is 18.7. The van der Waals surface area contributed by atoms with E-state index in [2.05, 4.69) is 41.3 Å². The number of aryl methyl sites for hydroxylation is 1. The molecular formula is C26H33N7O6. The lowest BCUT2D eigenvalue weighted by molar-refractivity contribution is -0.155. The number of rotatable bonds is 9. The van der Waals surface area contributed by atoms with E-state index in [1.807, 2.05) is 50.2 Å². The summed E-state index contributed by atoms with van der Waals surface area (Å²) in [4.78, 5) is 46.8. The molecule has 0 spiro atoms. The molecule has 3 aromatic rings. The lowest BCUT2D eigenvalue weighted by Gasteiger charge is -2.17. The zero-order valence-electron chi connectivity index (χ0n) is 22.0. The Hall–Kier alpha value is -4.39. The summed E-state index contributed by atoms with van der Waals surface area (Å²) in [6.45, 7) is 3.85. The summed E-state index contributed by atoms with van der Waals surface area (Å²) < 4.78 is 4.48. The second kappa shape index (κ2) is 14.0. The molecule has 0 radical (unpaired) electrons. The summed E-state index contributed by atoms with van der Waals surface area (Å²) in [6.07, 6.45) is 0.0290. The fraction of sp³-hybridized carbons (Fsp3) is 0.423. The highest BCUT2D eigenvalue weighted by Crippen LogP contribution is 2.19. The molecule has 1 unspecified atom stereocenters. The third-order valence-corrected chi connectivity index (χ3v) is 5.87. The van der Waals surface area contributed by atoms with E-state index < -0.39 is 24.3 Å². The number of aliphatic hydroxyl groups is 1. The maximum Gasteiger partial charge on any atom is 0.310 e. The van der Waals surface area contributed by atoms with Gasteiger partial charge in [-0.3, -0.25) is 19.2 Å². The highest BCUT2D eigenvalue weighted by molar-refractivity contribution is 6.08. The largest absolute Gasteiger partial charge is 0.434 e. The number of ether oxygens (including phenoxy) is 1. The first-order valence-electron chi connectivity index (χ1n) is 12.6. The Morgan fingerprint density at radius 1 is 1.15 bits per heavy atom. The molecule has 0 aliphatic carbocycles. The number of likely N-dealkylation sites (N-methyl/N-ethyl adjacent to an activating group) is 1. The number of nitrogens with zero attached hydrogens (tertiary/aromatic N) is 3. The summed E-state index contributed by atoms with van der Waals surface area (Å²) >= 11 is 0. The quantitative estimate of drug-likeness (QED) is 0.243. The van der Waals surface area contributed by atoms with Crippen molar-refractivity contribution in [3.05, 3.63) is 53.9 Å². The molecule has 2 heterocycles. The SMILES string of the molecule is CC(C)CC(=O)N[C@H]1CC(=O)OC1O.CNC(=O)[C@H](CCc1nn[nH]n1)NC(=O)c1cccc2ccccc12. The summed E-state index contributed by atoms with van der Waals surface area (Å²) in [5, 5.41) is 32.5. The van der Waals surface area contributed by atoms with E-state index in [0.717, 1.165) is 10.8 Å². The van der Waals surface area contributed by atoms with Gasteiger partial charge in [0.2, 0.25) is 18.1 Å². The van der Waals surface area contributed by atoms with Gasteiger partial charge in [-0.1, -0.05) is 55.5 Å². The molecule has 13 nitrogen and oxygen atoms in total. The second-order valence-corrected chi connectivity index (χ2v) is 9.39. The third kappa shape index (κ3) is 8.57. The Morgan fingerprint density at radius 2 is 1.90 bits per heavy atom. The lowest BCUT2D eigenvalue weighted by Crippen LogP contribution is -2.46. The number of hydrogen-bond donors (Lipinski definition) is 5. The van der Waals surface area contributed by atoms with Crippen molar-refractivity contribution in [2.75, 3.05) is 7.05 Å². The van der Waals surface area contributed by atoms with Crippen LogP contribution in [0.4, 0.5) is 0 Å². The molecule has 1 saturated heterocycles. The number of esters is 1. The minimum atomic E-state index is -1.20. The first kappa shape index (κ1) is 29.2. The standard InChI is InChI=1S/C17H18N6O2.C9H15NO4/c1-18-17(25)14(9-10-15-20-22-23-21-15)19-16(24)13-8-4-6-11-5-2-3-7-12(11)13;1-5(2)3-7(11)10-6-4-8(12)14-9(6)13/h2-8,14H,9-10H2,1H3,(H,18,25)(H,19,24)(H,20,21,22,23);5-6,9,13H,3-4H2,1-2H3,(H,10,11)/t14-;6-,9?/m00/s1. The first-order valence-corrected chi connectivity index (χ1v) is 12.6. The van der Waals surface area contributed by atoms with Crippen LogP contribution in [0.2, 0.25) is 0 Å². The average molecular weight is 540 g/mol. The number of nitrogens with one attached hydrogen (secondary N) is 4. The molecule has 3 amide bonds. The summed E-state index contributed by atoms with van der Waals surface area (Å²) in [6, 6.07) is 11.9. The molecule has 1 aliphatic rings. The molecule has 2 aromatic carbocycles. The van der Waals surface area contributed by atoms with Gasteiger partial charge in [-0.15, -0.1) is 10.2 Å². The van der Waals surface area contributed by atoms with Crippen LogP contribution in [-0.2, 0) is 25.5 Å². The van der Waals surface area contributed by atoms with E-state index in [9.17, 15) is 24.3 Å². The zero-order chi connectivity index (χ0) is 28.4. The van der Waals surface area contributed by atoms with Gasteiger partial charge in [0.1, 0.15) is 12.1 Å². The number of aromatic amines is 1. The van der Waals surface area contributed by atoms with Gasteiger partial charge in [0.25, 0.3) is 5.91 Å². The topological polar surface area (TPSA) is 188 Å². The molecule has 0 saturated carbocycles. The zero-order valence-corrected chi connectivity index (χ0v) is 22.0. The van der Waals surface area contributed by atoms with Gasteiger partial charge in [0.05, 0.1) is 6.42 Å². The number of cyclic esters (lactones) is 1. The van der Waals surface area contributed by atoms with Crippen LogP contribution in [0.15, 0.2) is 42.5 Å². The van der Waals surface area contributed by atoms with E-state index in [1.165, 1.54) is 7.05 Å². The van der Waals surface area contributed by atoms with Crippen molar-refractivity contribution in [1.82, 2.24) is 36.6 Å². The summed E-state index contributed by atoms with van der Waals surface area (Å²) in [5.41, 5.74) is 0.534. The van der Waals surface area contributed by atoms with Crippen LogP contribution < -0.4 is 16.0 Å². The Morgan fingerprint density at radius 3 is 2.54 bits per heavy atom. The number of benzene rings is 2. The van der Waals surface area contributed by atoms with E-state index in [0.29, 0.717) is 30.7 Å². The van der Waals surface area contributed by atoms with Gasteiger partial charge >= 0.3 is 5.97 Å². The highest BCUT2D eigenvalue weighted by Gasteiger charge is 2.34. The molecule has 1 fully saturated rings. The van der Waals surface area contributed by atoms with Gasteiger partial charge in [-0.05, 0) is 29.2 Å². The van der Waals surface area contributed by atoms with Crippen LogP contribution in [0.3, 0.4) is 0 Å². The Labute approximate surface area is 225 Å². The summed E-state index contributed by atoms with van der Waals surface area (Å²) in [7, 11) is 1.54. The number of carbonyl (C=O) groups is 4. The number of aliphatic hydroxyl groups excluding tert-OH is 1. The highest BCUT2D eigenvalue weighted by atomic mass is 16.6. The molecule has 5 N–H and O–H groups in total. The molecular weight excluding hydrogens is 506 g/mol. The van der Waals surface area contributed by atoms with E-state index in [4.69, 9.17) is 0 Å². The molecule has 4 rings (SSSR count). The van der Waals surface area contributed by atoms with Crippen LogP contribution in [0.25, 0.3) is 10.8 Å². The molecule has 3 atom stereocenters. The van der Waals surface area contributed by atoms with Crippen LogP contribution in [0.1, 0.15) is 49.3 Å². The minimum Gasteiger partial charge on any atom is -0.434 e. The number of H-pyrrole nitrogens is 1. The van der Waals surface area contributed by atoms with Crippen molar-refractivity contribution in [3.8, 4) is 0 Å². The van der Waals surface area contributed by atoms with Crippen molar-refractivity contribution in [1.29, 1.82) is 0 Å². The van der Waals surface area contributed by atoms with E-state index >= 15 is 0 Å². The normalized spacial score (nSPS) is 17.1. The van der Waals surface area contributed by atoms with Gasteiger partial charge in [-0.2, -0.15) is 5.21 Å². The monoisotopic (exact) mass is 539 g/mol. The third-order valence-electron chi connectivity index (χ3n) is 5.87. The van der Waals surface area contributed by atoms with Gasteiger partial charge in [-0.25, -0.2) is 0 Å². The lowest BCUT2D eigenvalue weighted by atomic mass is 10.0. The number of amides is 3. The van der Waals surface area contributed by atoms with Crippen LogP contribution in [-0.4, -0.2) is 74.8 Å². The predicted molar refractivity (Wildman–Crippen MR) is 140 cm³/mol. The number of hydrogen-bond acceptors (Lipinski definition) is 9.